The van der Waals surface area contributed by atoms with Crippen LogP contribution in [0.5, 0.6) is 0 Å². The summed E-state index contributed by atoms with van der Waals surface area (Å²) in [5.74, 6) is -1.42. The summed E-state index contributed by atoms with van der Waals surface area (Å²) >= 11 is 0. The van der Waals surface area contributed by atoms with Crippen molar-refractivity contribution >= 4 is 29.6 Å². The maximum absolute atomic E-state index is 12.8. The molecule has 3 rings (SSSR count). The number of esters is 2. The molecular formula is C25H28N2O7. The number of fused-ring (bicyclic) bond motifs is 1. The fourth-order valence-electron chi connectivity index (χ4n) is 3.72. The van der Waals surface area contributed by atoms with Crippen LogP contribution in [0.3, 0.4) is 0 Å². The Labute approximate surface area is 198 Å². The monoisotopic (exact) mass is 468 g/mol. The van der Waals surface area contributed by atoms with Crippen LogP contribution in [0.15, 0.2) is 48.5 Å². The van der Waals surface area contributed by atoms with Crippen molar-refractivity contribution in [2.75, 3.05) is 25.7 Å². The lowest BCUT2D eigenvalue weighted by molar-refractivity contribution is -0.144. The van der Waals surface area contributed by atoms with Gasteiger partial charge in [0.1, 0.15) is 12.6 Å². The van der Waals surface area contributed by atoms with Gasteiger partial charge in [0.15, 0.2) is 0 Å². The van der Waals surface area contributed by atoms with Gasteiger partial charge in [0, 0.05) is 18.5 Å². The predicted octanol–water partition coefficient (Wildman–Crippen LogP) is 3.00. The maximum atomic E-state index is 12.8. The van der Waals surface area contributed by atoms with Crippen LogP contribution in [0.1, 0.15) is 40.7 Å². The molecule has 9 nitrogen and oxygen atoms in total. The van der Waals surface area contributed by atoms with Crippen LogP contribution in [0.2, 0.25) is 0 Å². The first-order valence-corrected chi connectivity index (χ1v) is 11.0. The third-order valence-corrected chi connectivity index (χ3v) is 5.56. The standard InChI is InChI=1S/C25H28N2O7/c1-32-22(28)10-6-9-20(24(30)33-2)26-23(29)19-11-12-21-18(15-19)13-14-27(21)25(31)34-16-17-7-4-3-5-8-17/h3-5,7-8,11-12,15,20H,6,9-10,13-14,16H2,1-2H3,(H,26,29). The van der Waals surface area contributed by atoms with Crippen molar-refractivity contribution in [1.82, 2.24) is 5.32 Å². The zero-order valence-electron chi connectivity index (χ0n) is 19.2. The second kappa shape index (κ2) is 11.8. The van der Waals surface area contributed by atoms with Gasteiger partial charge in [-0.25, -0.2) is 9.59 Å². The fourth-order valence-corrected chi connectivity index (χ4v) is 3.72. The van der Waals surface area contributed by atoms with Crippen LogP contribution in [-0.4, -0.2) is 50.7 Å². The molecule has 1 atom stereocenters. The largest absolute Gasteiger partial charge is 0.469 e. The van der Waals surface area contributed by atoms with Crippen LogP contribution < -0.4 is 10.2 Å². The topological polar surface area (TPSA) is 111 Å². The van der Waals surface area contributed by atoms with Gasteiger partial charge in [0.25, 0.3) is 5.91 Å². The second-order valence-electron chi connectivity index (χ2n) is 7.80. The lowest BCUT2D eigenvalue weighted by Crippen LogP contribution is -2.41. The number of rotatable bonds is 9. The Hall–Kier alpha value is -3.88. The van der Waals surface area contributed by atoms with E-state index in [-0.39, 0.29) is 25.4 Å². The van der Waals surface area contributed by atoms with E-state index in [1.807, 2.05) is 30.3 Å². The van der Waals surface area contributed by atoms with Crippen LogP contribution >= 0.6 is 0 Å². The molecule has 2 amide bonds. The first-order chi connectivity index (χ1) is 16.4. The molecule has 0 radical (unpaired) electrons. The van der Waals surface area contributed by atoms with Gasteiger partial charge in [-0.2, -0.15) is 0 Å². The molecule has 1 heterocycles. The predicted molar refractivity (Wildman–Crippen MR) is 123 cm³/mol. The van der Waals surface area contributed by atoms with Crippen LogP contribution in [0.25, 0.3) is 0 Å². The zero-order valence-corrected chi connectivity index (χ0v) is 19.2. The number of amides is 2. The molecule has 0 saturated carbocycles. The van der Waals surface area contributed by atoms with Gasteiger partial charge in [0.2, 0.25) is 0 Å². The Morgan fingerprint density at radius 2 is 1.79 bits per heavy atom. The first-order valence-electron chi connectivity index (χ1n) is 11.0. The van der Waals surface area contributed by atoms with Crippen molar-refractivity contribution in [3.05, 3.63) is 65.2 Å². The van der Waals surface area contributed by atoms with Crippen molar-refractivity contribution in [3.8, 4) is 0 Å². The van der Waals surface area contributed by atoms with Gasteiger partial charge >= 0.3 is 18.0 Å². The second-order valence-corrected chi connectivity index (χ2v) is 7.80. The minimum atomic E-state index is -0.889. The molecule has 1 aliphatic heterocycles. The summed E-state index contributed by atoms with van der Waals surface area (Å²) in [6.45, 7) is 0.628. The Bertz CT molecular complexity index is 1040. The number of methoxy groups -OCH3 is 2. The summed E-state index contributed by atoms with van der Waals surface area (Å²) in [6, 6.07) is 13.5. The van der Waals surface area contributed by atoms with E-state index in [4.69, 9.17) is 9.47 Å². The summed E-state index contributed by atoms with van der Waals surface area (Å²) in [6.07, 6.45) is 0.859. The van der Waals surface area contributed by atoms with Crippen LogP contribution in [0.4, 0.5) is 10.5 Å². The van der Waals surface area contributed by atoms with E-state index >= 15 is 0 Å². The van der Waals surface area contributed by atoms with E-state index in [0.29, 0.717) is 30.6 Å². The van der Waals surface area contributed by atoms with E-state index in [2.05, 4.69) is 10.1 Å². The van der Waals surface area contributed by atoms with Crippen molar-refractivity contribution in [3.63, 3.8) is 0 Å². The van der Waals surface area contributed by atoms with Crippen LogP contribution in [-0.2, 0) is 36.8 Å². The third kappa shape index (κ3) is 6.34. The number of nitrogens with zero attached hydrogens (tertiary/aromatic N) is 1. The van der Waals surface area contributed by atoms with Crippen molar-refractivity contribution in [2.45, 2.75) is 38.3 Å². The summed E-state index contributed by atoms with van der Waals surface area (Å²) < 4.78 is 14.8. The Kier molecular flexibility index (Phi) is 8.61. The number of benzene rings is 2. The molecule has 2 aromatic carbocycles. The Balaban J connectivity index is 1.61. The summed E-state index contributed by atoms with van der Waals surface area (Å²) in [5.41, 5.74) is 2.79. The van der Waals surface area contributed by atoms with Gasteiger partial charge in [-0.15, -0.1) is 0 Å². The molecular weight excluding hydrogens is 440 g/mol. The number of ether oxygens (including phenoxy) is 3. The molecule has 0 bridgehead atoms. The number of hydrogen-bond acceptors (Lipinski definition) is 7. The normalized spacial score (nSPS) is 12.9. The Morgan fingerprint density at radius 3 is 2.50 bits per heavy atom. The van der Waals surface area contributed by atoms with Gasteiger partial charge in [-0.3, -0.25) is 14.5 Å². The molecule has 1 N–H and O–H groups in total. The molecule has 1 unspecified atom stereocenters. The SMILES string of the molecule is COC(=O)CCCC(NC(=O)c1ccc2c(c1)CCN2C(=O)OCc1ccccc1)C(=O)OC. The number of hydrogen-bond donors (Lipinski definition) is 1. The first kappa shape index (κ1) is 24.8. The highest BCUT2D eigenvalue weighted by atomic mass is 16.6. The third-order valence-electron chi connectivity index (χ3n) is 5.56. The van der Waals surface area contributed by atoms with E-state index in [1.165, 1.54) is 14.2 Å². The lowest BCUT2D eigenvalue weighted by atomic mass is 10.1. The van der Waals surface area contributed by atoms with E-state index in [9.17, 15) is 19.2 Å². The molecule has 0 spiro atoms. The van der Waals surface area contributed by atoms with Crippen molar-refractivity contribution in [1.29, 1.82) is 0 Å². The van der Waals surface area contributed by atoms with Gasteiger partial charge in [-0.05, 0) is 48.6 Å². The molecule has 2 aromatic rings. The minimum absolute atomic E-state index is 0.134. The summed E-state index contributed by atoms with van der Waals surface area (Å²) in [7, 11) is 2.53. The fraction of sp³-hybridized carbons (Fsp3) is 0.360. The Morgan fingerprint density at radius 1 is 1.03 bits per heavy atom. The molecule has 180 valence electrons. The molecule has 34 heavy (non-hydrogen) atoms. The van der Waals surface area contributed by atoms with Crippen LogP contribution in [0, 0.1) is 0 Å². The van der Waals surface area contributed by atoms with Gasteiger partial charge in [-0.1, -0.05) is 30.3 Å². The van der Waals surface area contributed by atoms with E-state index in [0.717, 1.165) is 11.1 Å². The van der Waals surface area contributed by atoms with Gasteiger partial charge < -0.3 is 19.5 Å². The maximum Gasteiger partial charge on any atom is 0.414 e. The highest BCUT2D eigenvalue weighted by molar-refractivity contribution is 5.98. The molecule has 9 heteroatoms. The quantitative estimate of drug-likeness (QED) is 0.445. The van der Waals surface area contributed by atoms with E-state index in [1.54, 1.807) is 23.1 Å². The smallest absolute Gasteiger partial charge is 0.414 e. The molecule has 0 saturated heterocycles. The van der Waals surface area contributed by atoms with E-state index < -0.39 is 24.0 Å². The number of anilines is 1. The highest BCUT2D eigenvalue weighted by Gasteiger charge is 2.28. The van der Waals surface area contributed by atoms with Crippen molar-refractivity contribution < 1.29 is 33.4 Å². The number of carbonyl (C=O) groups is 4. The summed E-state index contributed by atoms with van der Waals surface area (Å²) in [4.78, 5) is 50.3. The molecule has 0 aliphatic carbocycles. The zero-order chi connectivity index (χ0) is 24.5. The lowest BCUT2D eigenvalue weighted by Gasteiger charge is -2.18. The average Bonchev–Trinajstić information content (AvgIpc) is 3.30. The van der Waals surface area contributed by atoms with Gasteiger partial charge in [0.05, 0.1) is 19.9 Å². The summed E-state index contributed by atoms with van der Waals surface area (Å²) in [5, 5.41) is 2.67. The van der Waals surface area contributed by atoms with Crippen molar-refractivity contribution in [2.24, 2.45) is 0 Å². The molecule has 1 aliphatic rings. The minimum Gasteiger partial charge on any atom is -0.469 e. The number of nitrogens with one attached hydrogen (secondary N) is 1. The molecule has 0 fully saturated rings. The highest BCUT2D eigenvalue weighted by Crippen LogP contribution is 2.29. The average molecular weight is 469 g/mol. The number of carbonyl (C=O) groups excluding carboxylic acids is 4. The molecule has 0 aromatic heterocycles.